The molecule has 1 aromatic carbocycles. The molecule has 0 saturated carbocycles. The number of likely N-dealkylation sites (tertiary alicyclic amines) is 1. The van der Waals surface area contributed by atoms with Gasteiger partial charge in [-0.2, -0.15) is 0 Å². The second-order valence-electron chi connectivity index (χ2n) is 4.47. The number of nitrogens with one attached hydrogen (secondary N) is 1. The van der Waals surface area contributed by atoms with Gasteiger partial charge in [0.2, 0.25) is 0 Å². The Morgan fingerprint density at radius 2 is 2.26 bits per heavy atom. The van der Waals surface area contributed by atoms with Crippen LogP contribution < -0.4 is 5.48 Å². The van der Waals surface area contributed by atoms with Crippen molar-refractivity contribution in [3.63, 3.8) is 0 Å². The fraction of sp³-hybridized carbons (Fsp3) is 0.308. The first-order valence-electron chi connectivity index (χ1n) is 6.00. The van der Waals surface area contributed by atoms with Crippen molar-refractivity contribution in [1.29, 1.82) is 0 Å². The Labute approximate surface area is 119 Å². The molecule has 1 amide bonds. The van der Waals surface area contributed by atoms with E-state index in [1.165, 1.54) is 0 Å². The van der Waals surface area contributed by atoms with Crippen LogP contribution in [0.5, 0.6) is 0 Å². The molecule has 2 aliphatic heterocycles. The van der Waals surface area contributed by atoms with E-state index in [0.29, 0.717) is 19.7 Å². The molecular formula is C13H13BrN2O3. The number of fused-ring (bicyclic) bond motifs is 1. The quantitative estimate of drug-likeness (QED) is 0.847. The van der Waals surface area contributed by atoms with Gasteiger partial charge >= 0.3 is 6.09 Å². The molecule has 19 heavy (non-hydrogen) atoms. The summed E-state index contributed by atoms with van der Waals surface area (Å²) in [6.07, 6.45) is -0.381. The minimum absolute atomic E-state index is 0.0707. The molecule has 2 aliphatic rings. The predicted octanol–water partition coefficient (Wildman–Crippen LogP) is 2.15. The summed E-state index contributed by atoms with van der Waals surface area (Å²) in [6.45, 7) is 1.34. The molecule has 2 heterocycles. The average Bonchev–Trinajstić information content (AvgIpc) is 3.00. The third-order valence-corrected chi connectivity index (χ3v) is 3.84. The fourth-order valence-electron chi connectivity index (χ4n) is 2.14. The first kappa shape index (κ1) is 12.5. The van der Waals surface area contributed by atoms with Gasteiger partial charge in [0, 0.05) is 5.57 Å². The SMILES string of the molecule is O=C(OCc1ccccc1)N1CC2=C(Br)NO[C@@H]2C1. The maximum atomic E-state index is 11.9. The van der Waals surface area contributed by atoms with Gasteiger partial charge in [-0.15, -0.1) is 0 Å². The smallest absolute Gasteiger partial charge is 0.410 e. The first-order chi connectivity index (χ1) is 9.24. The second-order valence-corrected chi connectivity index (χ2v) is 5.26. The zero-order valence-electron chi connectivity index (χ0n) is 10.1. The van der Waals surface area contributed by atoms with Gasteiger partial charge in [-0.25, -0.2) is 4.79 Å². The van der Waals surface area contributed by atoms with Gasteiger partial charge in [-0.05, 0) is 21.5 Å². The Morgan fingerprint density at radius 3 is 3.00 bits per heavy atom. The number of halogens is 1. The molecule has 1 N–H and O–H groups in total. The van der Waals surface area contributed by atoms with Crippen LogP contribution in [0, 0.1) is 0 Å². The van der Waals surface area contributed by atoms with Gasteiger partial charge in [0.05, 0.1) is 13.1 Å². The van der Waals surface area contributed by atoms with Crippen molar-refractivity contribution in [2.24, 2.45) is 0 Å². The van der Waals surface area contributed by atoms with Crippen molar-refractivity contribution in [2.45, 2.75) is 12.7 Å². The molecule has 0 bridgehead atoms. The van der Waals surface area contributed by atoms with E-state index in [1.54, 1.807) is 4.90 Å². The Morgan fingerprint density at radius 1 is 1.47 bits per heavy atom. The van der Waals surface area contributed by atoms with Crippen LogP contribution in [0.1, 0.15) is 5.56 Å². The molecule has 0 aromatic heterocycles. The van der Waals surface area contributed by atoms with E-state index >= 15 is 0 Å². The number of rotatable bonds is 2. The topological polar surface area (TPSA) is 50.8 Å². The molecule has 0 spiro atoms. The number of carbonyl (C=O) groups is 1. The lowest BCUT2D eigenvalue weighted by molar-refractivity contribution is 0.0350. The summed E-state index contributed by atoms with van der Waals surface area (Å²) in [5.41, 5.74) is 4.79. The molecule has 1 atom stereocenters. The molecule has 6 heteroatoms. The zero-order chi connectivity index (χ0) is 13.2. The van der Waals surface area contributed by atoms with Crippen LogP contribution in [0.2, 0.25) is 0 Å². The summed E-state index contributed by atoms with van der Waals surface area (Å²) < 4.78 is 6.10. The highest BCUT2D eigenvalue weighted by Crippen LogP contribution is 2.29. The summed E-state index contributed by atoms with van der Waals surface area (Å²) in [6, 6.07) is 9.63. The zero-order valence-corrected chi connectivity index (χ0v) is 11.7. The van der Waals surface area contributed by atoms with Crippen LogP contribution in [0.25, 0.3) is 0 Å². The molecular weight excluding hydrogens is 312 g/mol. The molecule has 5 nitrogen and oxygen atoms in total. The number of carbonyl (C=O) groups excluding carboxylic acids is 1. The highest BCUT2D eigenvalue weighted by molar-refractivity contribution is 9.11. The summed E-state index contributed by atoms with van der Waals surface area (Å²) in [5.74, 6) is 0. The average molecular weight is 325 g/mol. The van der Waals surface area contributed by atoms with Crippen molar-refractivity contribution in [3.8, 4) is 0 Å². The predicted molar refractivity (Wildman–Crippen MR) is 72.2 cm³/mol. The fourth-order valence-corrected chi connectivity index (χ4v) is 2.61. The number of ether oxygens (including phenoxy) is 1. The Hall–Kier alpha value is -1.53. The molecule has 1 fully saturated rings. The maximum absolute atomic E-state index is 11.9. The van der Waals surface area contributed by atoms with Crippen molar-refractivity contribution in [1.82, 2.24) is 10.4 Å². The molecule has 1 aromatic rings. The van der Waals surface area contributed by atoms with E-state index in [2.05, 4.69) is 21.4 Å². The Bertz CT molecular complexity index is 518. The second kappa shape index (κ2) is 5.22. The molecule has 0 radical (unpaired) electrons. The number of hydroxylamine groups is 1. The van der Waals surface area contributed by atoms with Crippen LogP contribution in [0.3, 0.4) is 0 Å². The number of benzene rings is 1. The number of hydrogen-bond donors (Lipinski definition) is 1. The van der Waals surface area contributed by atoms with E-state index in [1.807, 2.05) is 30.3 Å². The summed E-state index contributed by atoms with van der Waals surface area (Å²) in [7, 11) is 0. The third-order valence-electron chi connectivity index (χ3n) is 3.17. The molecule has 3 rings (SSSR count). The van der Waals surface area contributed by atoms with Gasteiger partial charge < -0.3 is 9.64 Å². The van der Waals surface area contributed by atoms with Gasteiger partial charge in [0.1, 0.15) is 17.3 Å². The largest absolute Gasteiger partial charge is 0.445 e. The minimum atomic E-state index is -0.311. The van der Waals surface area contributed by atoms with Crippen molar-refractivity contribution >= 4 is 22.0 Å². The van der Waals surface area contributed by atoms with Gasteiger partial charge in [-0.3, -0.25) is 10.3 Å². The van der Waals surface area contributed by atoms with Crippen LogP contribution in [0.4, 0.5) is 4.79 Å². The summed E-state index contributed by atoms with van der Waals surface area (Å²) in [4.78, 5) is 18.9. The Kier molecular flexibility index (Phi) is 3.44. The van der Waals surface area contributed by atoms with E-state index < -0.39 is 0 Å². The normalized spacial score (nSPS) is 21.3. The highest BCUT2D eigenvalue weighted by atomic mass is 79.9. The summed E-state index contributed by atoms with van der Waals surface area (Å²) >= 11 is 3.36. The summed E-state index contributed by atoms with van der Waals surface area (Å²) in [5, 5.41) is 0. The van der Waals surface area contributed by atoms with E-state index in [9.17, 15) is 4.79 Å². The number of hydrogen-bond acceptors (Lipinski definition) is 4. The molecule has 1 saturated heterocycles. The molecule has 0 aliphatic carbocycles. The lowest BCUT2D eigenvalue weighted by Gasteiger charge is -2.16. The Balaban J connectivity index is 1.56. The van der Waals surface area contributed by atoms with Crippen molar-refractivity contribution < 1.29 is 14.4 Å². The van der Waals surface area contributed by atoms with Gasteiger partial charge in [-0.1, -0.05) is 30.3 Å². The maximum Gasteiger partial charge on any atom is 0.410 e. The number of nitrogens with zero attached hydrogens (tertiary/aromatic N) is 1. The van der Waals surface area contributed by atoms with E-state index in [0.717, 1.165) is 15.7 Å². The monoisotopic (exact) mass is 324 g/mol. The van der Waals surface area contributed by atoms with E-state index in [4.69, 9.17) is 9.57 Å². The highest BCUT2D eigenvalue weighted by Gasteiger charge is 2.37. The van der Waals surface area contributed by atoms with Crippen LogP contribution in [-0.4, -0.2) is 30.2 Å². The van der Waals surface area contributed by atoms with Crippen molar-refractivity contribution in [3.05, 3.63) is 46.1 Å². The van der Waals surface area contributed by atoms with Crippen LogP contribution in [0.15, 0.2) is 40.5 Å². The first-order valence-corrected chi connectivity index (χ1v) is 6.79. The molecule has 100 valence electrons. The molecule has 0 unspecified atom stereocenters. The minimum Gasteiger partial charge on any atom is -0.445 e. The van der Waals surface area contributed by atoms with Crippen LogP contribution in [-0.2, 0) is 16.2 Å². The third kappa shape index (κ3) is 2.59. The van der Waals surface area contributed by atoms with E-state index in [-0.39, 0.29) is 12.2 Å². The van der Waals surface area contributed by atoms with Crippen LogP contribution >= 0.6 is 15.9 Å². The lowest BCUT2D eigenvalue weighted by Crippen LogP contribution is -2.31. The lowest BCUT2D eigenvalue weighted by atomic mass is 10.2. The standard InChI is InChI=1S/C13H13BrN2O3/c14-12-10-6-16(7-11(10)19-15-12)13(17)18-8-9-4-2-1-3-5-9/h1-5,11,15H,6-8H2/t11-/m1/s1. The van der Waals surface area contributed by atoms with Gasteiger partial charge in [0.25, 0.3) is 0 Å². The number of amides is 1. The van der Waals surface area contributed by atoms with Gasteiger partial charge in [0.15, 0.2) is 0 Å². The van der Waals surface area contributed by atoms with Crippen molar-refractivity contribution in [2.75, 3.05) is 13.1 Å².